The molecule has 20 heavy (non-hydrogen) atoms. The number of phenolic OH excluding ortho intramolecular Hbond substituents is 1. The van der Waals surface area contributed by atoms with Crippen LogP contribution in [-0.4, -0.2) is 27.7 Å². The van der Waals surface area contributed by atoms with E-state index in [9.17, 15) is 13.5 Å². The summed E-state index contributed by atoms with van der Waals surface area (Å²) < 4.78 is 31.1. The molecule has 0 unspecified atom stereocenters. The molecular formula is C14H15NO4S. The van der Waals surface area contributed by atoms with Crippen LogP contribution in [0.5, 0.6) is 11.5 Å². The van der Waals surface area contributed by atoms with E-state index in [-0.39, 0.29) is 10.6 Å². The van der Waals surface area contributed by atoms with Gasteiger partial charge in [-0.3, -0.25) is 4.31 Å². The molecule has 0 heterocycles. The molecular weight excluding hydrogens is 278 g/mol. The fourth-order valence-corrected chi connectivity index (χ4v) is 2.91. The second-order valence-electron chi connectivity index (χ2n) is 4.17. The lowest BCUT2D eigenvalue weighted by Gasteiger charge is -2.20. The Morgan fingerprint density at radius 1 is 1.10 bits per heavy atom. The molecule has 0 saturated heterocycles. The number of hydrogen-bond donors (Lipinski definition) is 1. The van der Waals surface area contributed by atoms with Gasteiger partial charge in [0.2, 0.25) is 0 Å². The zero-order valence-corrected chi connectivity index (χ0v) is 12.0. The van der Waals surface area contributed by atoms with Gasteiger partial charge in [-0.2, -0.15) is 0 Å². The van der Waals surface area contributed by atoms with Gasteiger partial charge >= 0.3 is 0 Å². The van der Waals surface area contributed by atoms with Crippen LogP contribution in [0.15, 0.2) is 53.4 Å². The van der Waals surface area contributed by atoms with Crippen LogP contribution < -0.4 is 9.04 Å². The lowest BCUT2D eigenvalue weighted by molar-refractivity contribution is 0.415. The Labute approximate surface area is 118 Å². The molecule has 0 spiro atoms. The first kappa shape index (κ1) is 14.2. The van der Waals surface area contributed by atoms with Crippen LogP contribution in [-0.2, 0) is 10.0 Å². The molecule has 0 amide bonds. The number of nitrogens with zero attached hydrogens (tertiary/aromatic N) is 1. The Morgan fingerprint density at radius 2 is 1.75 bits per heavy atom. The van der Waals surface area contributed by atoms with E-state index >= 15 is 0 Å². The van der Waals surface area contributed by atoms with E-state index in [0.717, 1.165) is 0 Å². The quantitative estimate of drug-likeness (QED) is 0.938. The maximum Gasteiger partial charge on any atom is 0.264 e. The summed E-state index contributed by atoms with van der Waals surface area (Å²) in [7, 11) is -0.676. The zero-order chi connectivity index (χ0) is 14.8. The van der Waals surface area contributed by atoms with Crippen LogP contribution >= 0.6 is 0 Å². The minimum absolute atomic E-state index is 0.0213. The second kappa shape index (κ2) is 5.42. The predicted molar refractivity (Wildman–Crippen MR) is 76.7 cm³/mol. The summed E-state index contributed by atoms with van der Waals surface area (Å²) in [5, 5.41) is 9.22. The number of aromatic hydroxyl groups is 1. The molecule has 0 aromatic heterocycles. The molecule has 0 atom stereocenters. The topological polar surface area (TPSA) is 66.8 Å². The Balaban J connectivity index is 2.40. The number of hydrogen-bond acceptors (Lipinski definition) is 4. The first-order valence-electron chi connectivity index (χ1n) is 5.87. The van der Waals surface area contributed by atoms with E-state index in [1.165, 1.54) is 42.7 Å². The van der Waals surface area contributed by atoms with Gasteiger partial charge in [-0.15, -0.1) is 0 Å². The number of sulfonamides is 1. The largest absolute Gasteiger partial charge is 0.508 e. The van der Waals surface area contributed by atoms with Gasteiger partial charge in [0.25, 0.3) is 10.0 Å². The van der Waals surface area contributed by atoms with Gasteiger partial charge in [-0.25, -0.2) is 8.42 Å². The first-order chi connectivity index (χ1) is 9.45. The molecule has 2 aromatic carbocycles. The van der Waals surface area contributed by atoms with Gasteiger partial charge in [-0.05, 0) is 36.4 Å². The molecule has 6 heteroatoms. The third-order valence-corrected chi connectivity index (χ3v) is 4.71. The van der Waals surface area contributed by atoms with E-state index in [0.29, 0.717) is 11.4 Å². The molecule has 106 valence electrons. The second-order valence-corrected chi connectivity index (χ2v) is 6.14. The Kier molecular flexibility index (Phi) is 3.85. The van der Waals surface area contributed by atoms with Crippen LogP contribution in [0.25, 0.3) is 0 Å². The molecule has 0 aliphatic heterocycles. The summed E-state index contributed by atoms with van der Waals surface area (Å²) >= 11 is 0. The zero-order valence-electron chi connectivity index (χ0n) is 11.1. The van der Waals surface area contributed by atoms with E-state index in [1.54, 1.807) is 24.3 Å². The maximum absolute atomic E-state index is 12.4. The van der Waals surface area contributed by atoms with E-state index in [2.05, 4.69) is 0 Å². The maximum atomic E-state index is 12.4. The highest BCUT2D eigenvalue weighted by Crippen LogP contribution is 2.26. The van der Waals surface area contributed by atoms with Crippen LogP contribution in [0.3, 0.4) is 0 Å². The Bertz CT molecular complexity index is 695. The highest BCUT2D eigenvalue weighted by Gasteiger charge is 2.21. The van der Waals surface area contributed by atoms with E-state index < -0.39 is 10.0 Å². The predicted octanol–water partition coefficient (Wildman–Crippen LogP) is 2.23. The van der Waals surface area contributed by atoms with Crippen molar-refractivity contribution in [2.24, 2.45) is 0 Å². The normalized spacial score (nSPS) is 11.1. The number of ether oxygens (including phenoxy) is 1. The lowest BCUT2D eigenvalue weighted by Crippen LogP contribution is -2.26. The third kappa shape index (κ3) is 2.70. The molecule has 0 aliphatic rings. The van der Waals surface area contributed by atoms with Crippen molar-refractivity contribution in [3.05, 3.63) is 48.5 Å². The van der Waals surface area contributed by atoms with Gasteiger partial charge in [0.05, 0.1) is 17.7 Å². The van der Waals surface area contributed by atoms with Crippen molar-refractivity contribution in [3.63, 3.8) is 0 Å². The summed E-state index contributed by atoms with van der Waals surface area (Å²) in [6, 6.07) is 12.2. The van der Waals surface area contributed by atoms with Crippen LogP contribution in [0.1, 0.15) is 0 Å². The number of benzene rings is 2. The molecule has 1 N–H and O–H groups in total. The van der Waals surface area contributed by atoms with Gasteiger partial charge in [0, 0.05) is 13.1 Å². The highest BCUT2D eigenvalue weighted by atomic mass is 32.2. The molecule has 5 nitrogen and oxygen atoms in total. The van der Waals surface area contributed by atoms with Crippen molar-refractivity contribution in [2.75, 3.05) is 18.5 Å². The molecule has 0 fully saturated rings. The van der Waals surface area contributed by atoms with Crippen molar-refractivity contribution in [1.29, 1.82) is 0 Å². The van der Waals surface area contributed by atoms with Gasteiger partial charge in [0.1, 0.15) is 11.5 Å². The SMILES string of the molecule is COc1cccc(N(C)S(=O)(=O)c2ccc(O)cc2)c1. The molecule has 0 bridgehead atoms. The standard InChI is InChI=1S/C14H15NO4S/c1-15(11-4-3-5-13(10-11)19-2)20(17,18)14-8-6-12(16)7-9-14/h3-10,16H,1-2H3. The summed E-state index contributed by atoms with van der Waals surface area (Å²) in [6.07, 6.45) is 0. The number of rotatable bonds is 4. The average Bonchev–Trinajstić information content (AvgIpc) is 2.47. The molecule has 0 aliphatic carbocycles. The Hall–Kier alpha value is -2.21. The van der Waals surface area contributed by atoms with Crippen molar-refractivity contribution in [1.82, 2.24) is 0 Å². The van der Waals surface area contributed by atoms with E-state index in [1.807, 2.05) is 0 Å². The smallest absolute Gasteiger partial charge is 0.264 e. The fourth-order valence-electron chi connectivity index (χ4n) is 1.72. The molecule has 2 aromatic rings. The fraction of sp³-hybridized carbons (Fsp3) is 0.143. The molecule has 0 saturated carbocycles. The molecule has 2 rings (SSSR count). The summed E-state index contributed by atoms with van der Waals surface area (Å²) in [6.45, 7) is 0. The van der Waals surface area contributed by atoms with E-state index in [4.69, 9.17) is 4.74 Å². The first-order valence-corrected chi connectivity index (χ1v) is 7.31. The summed E-state index contributed by atoms with van der Waals surface area (Å²) in [4.78, 5) is 0.112. The minimum atomic E-state index is -3.67. The number of methoxy groups -OCH3 is 1. The average molecular weight is 293 g/mol. The van der Waals surface area contributed by atoms with Gasteiger partial charge in [-0.1, -0.05) is 6.07 Å². The third-order valence-electron chi connectivity index (χ3n) is 2.91. The van der Waals surface area contributed by atoms with Crippen molar-refractivity contribution in [2.45, 2.75) is 4.90 Å². The van der Waals surface area contributed by atoms with Crippen LogP contribution in [0, 0.1) is 0 Å². The van der Waals surface area contributed by atoms with Crippen molar-refractivity contribution in [3.8, 4) is 11.5 Å². The van der Waals surface area contributed by atoms with Gasteiger partial charge < -0.3 is 9.84 Å². The summed E-state index contributed by atoms with van der Waals surface area (Å²) in [5.41, 5.74) is 0.498. The number of anilines is 1. The lowest BCUT2D eigenvalue weighted by atomic mass is 10.3. The monoisotopic (exact) mass is 293 g/mol. The van der Waals surface area contributed by atoms with Crippen molar-refractivity contribution < 1.29 is 18.3 Å². The Morgan fingerprint density at radius 3 is 2.35 bits per heavy atom. The molecule has 0 radical (unpaired) electrons. The van der Waals surface area contributed by atoms with Crippen molar-refractivity contribution >= 4 is 15.7 Å². The number of phenols is 1. The minimum Gasteiger partial charge on any atom is -0.508 e. The van der Waals surface area contributed by atoms with Crippen LogP contribution in [0.2, 0.25) is 0 Å². The highest BCUT2D eigenvalue weighted by molar-refractivity contribution is 7.92. The summed E-state index contributed by atoms with van der Waals surface area (Å²) in [5.74, 6) is 0.600. The van der Waals surface area contributed by atoms with Gasteiger partial charge in [0.15, 0.2) is 0 Å². The van der Waals surface area contributed by atoms with Crippen LogP contribution in [0.4, 0.5) is 5.69 Å².